The quantitative estimate of drug-likeness (QED) is 0.433. The summed E-state index contributed by atoms with van der Waals surface area (Å²) in [7, 11) is 5.12. The summed E-state index contributed by atoms with van der Waals surface area (Å²) < 4.78 is 10.8. The van der Waals surface area contributed by atoms with Gasteiger partial charge in [0.2, 0.25) is 5.91 Å². The van der Waals surface area contributed by atoms with E-state index in [4.69, 9.17) is 9.47 Å². The van der Waals surface area contributed by atoms with Crippen LogP contribution in [-0.4, -0.2) is 58.8 Å². The summed E-state index contributed by atoms with van der Waals surface area (Å²) in [5.74, 6) is 2.32. The second-order valence-corrected chi connectivity index (χ2v) is 7.77. The average molecular weight is 440 g/mol. The zero-order valence-corrected chi connectivity index (χ0v) is 19.3. The SMILES string of the molecule is CN=C(NCCc1ccc(NC(C)=O)cc1)NC1CCN(c2cc(OC)cc(OC)c2)C1. The van der Waals surface area contributed by atoms with Crippen molar-refractivity contribution in [2.75, 3.05) is 51.1 Å². The summed E-state index contributed by atoms with van der Waals surface area (Å²) in [6.45, 7) is 4.10. The maximum atomic E-state index is 11.1. The number of amides is 1. The predicted octanol–water partition coefficient (Wildman–Crippen LogP) is 2.65. The lowest BCUT2D eigenvalue weighted by atomic mass is 10.1. The third-order valence-corrected chi connectivity index (χ3v) is 5.43. The second-order valence-electron chi connectivity index (χ2n) is 7.77. The number of hydrogen-bond donors (Lipinski definition) is 3. The monoisotopic (exact) mass is 439 g/mol. The molecular weight excluding hydrogens is 406 g/mol. The van der Waals surface area contributed by atoms with Crippen molar-refractivity contribution in [1.29, 1.82) is 0 Å². The molecule has 3 N–H and O–H groups in total. The molecule has 1 aliphatic heterocycles. The molecule has 32 heavy (non-hydrogen) atoms. The molecule has 8 heteroatoms. The van der Waals surface area contributed by atoms with Crippen LogP contribution in [0.25, 0.3) is 0 Å². The Morgan fingerprint density at radius 3 is 2.41 bits per heavy atom. The number of carbonyl (C=O) groups is 1. The van der Waals surface area contributed by atoms with Crippen LogP contribution in [0, 0.1) is 0 Å². The van der Waals surface area contributed by atoms with Gasteiger partial charge in [-0.1, -0.05) is 12.1 Å². The highest BCUT2D eigenvalue weighted by atomic mass is 16.5. The van der Waals surface area contributed by atoms with E-state index in [-0.39, 0.29) is 5.91 Å². The van der Waals surface area contributed by atoms with Crippen molar-refractivity contribution in [1.82, 2.24) is 10.6 Å². The van der Waals surface area contributed by atoms with Gasteiger partial charge < -0.3 is 30.3 Å². The molecule has 1 unspecified atom stereocenters. The Balaban J connectivity index is 1.48. The highest BCUT2D eigenvalue weighted by molar-refractivity contribution is 5.88. The van der Waals surface area contributed by atoms with Crippen LogP contribution in [0.5, 0.6) is 11.5 Å². The minimum absolute atomic E-state index is 0.0645. The summed E-state index contributed by atoms with van der Waals surface area (Å²) in [5, 5.41) is 9.70. The molecule has 0 radical (unpaired) electrons. The predicted molar refractivity (Wildman–Crippen MR) is 129 cm³/mol. The lowest BCUT2D eigenvalue weighted by Gasteiger charge is -2.21. The van der Waals surface area contributed by atoms with Crippen molar-refractivity contribution in [3.63, 3.8) is 0 Å². The molecule has 8 nitrogen and oxygen atoms in total. The zero-order chi connectivity index (χ0) is 22.9. The van der Waals surface area contributed by atoms with Gasteiger partial charge in [0.25, 0.3) is 0 Å². The first-order chi connectivity index (χ1) is 15.5. The van der Waals surface area contributed by atoms with Crippen LogP contribution in [0.3, 0.4) is 0 Å². The Morgan fingerprint density at radius 2 is 1.81 bits per heavy atom. The molecule has 0 aromatic heterocycles. The van der Waals surface area contributed by atoms with Crippen LogP contribution >= 0.6 is 0 Å². The van der Waals surface area contributed by atoms with Crippen LogP contribution in [-0.2, 0) is 11.2 Å². The number of rotatable bonds is 8. The van der Waals surface area contributed by atoms with Gasteiger partial charge in [-0.2, -0.15) is 0 Å². The lowest BCUT2D eigenvalue weighted by molar-refractivity contribution is -0.114. The van der Waals surface area contributed by atoms with Crippen molar-refractivity contribution in [2.24, 2.45) is 4.99 Å². The number of guanidine groups is 1. The van der Waals surface area contributed by atoms with Crippen LogP contribution in [0.1, 0.15) is 18.9 Å². The van der Waals surface area contributed by atoms with Gasteiger partial charge in [-0.15, -0.1) is 0 Å². The molecule has 1 atom stereocenters. The average Bonchev–Trinajstić information content (AvgIpc) is 3.27. The van der Waals surface area contributed by atoms with Gasteiger partial charge >= 0.3 is 0 Å². The van der Waals surface area contributed by atoms with Crippen molar-refractivity contribution < 1.29 is 14.3 Å². The molecule has 1 saturated heterocycles. The van der Waals surface area contributed by atoms with Gasteiger partial charge in [-0.3, -0.25) is 9.79 Å². The van der Waals surface area contributed by atoms with Gasteiger partial charge in [0.15, 0.2) is 5.96 Å². The molecular formula is C24H33N5O3. The van der Waals surface area contributed by atoms with Crippen LogP contribution in [0.4, 0.5) is 11.4 Å². The summed E-state index contributed by atoms with van der Waals surface area (Å²) in [4.78, 5) is 17.8. The van der Waals surface area contributed by atoms with E-state index >= 15 is 0 Å². The molecule has 0 saturated carbocycles. The lowest BCUT2D eigenvalue weighted by Crippen LogP contribution is -2.45. The van der Waals surface area contributed by atoms with Crippen molar-refractivity contribution in [2.45, 2.75) is 25.8 Å². The van der Waals surface area contributed by atoms with Crippen molar-refractivity contribution in [3.05, 3.63) is 48.0 Å². The smallest absolute Gasteiger partial charge is 0.221 e. The third-order valence-electron chi connectivity index (χ3n) is 5.43. The van der Waals surface area contributed by atoms with E-state index in [9.17, 15) is 4.79 Å². The molecule has 1 fully saturated rings. The van der Waals surface area contributed by atoms with E-state index in [1.807, 2.05) is 42.5 Å². The maximum absolute atomic E-state index is 11.1. The highest BCUT2D eigenvalue weighted by Gasteiger charge is 2.24. The van der Waals surface area contributed by atoms with E-state index < -0.39 is 0 Å². The molecule has 1 amide bonds. The minimum Gasteiger partial charge on any atom is -0.497 e. The van der Waals surface area contributed by atoms with Gasteiger partial charge in [0.1, 0.15) is 11.5 Å². The van der Waals surface area contributed by atoms with Crippen LogP contribution < -0.4 is 30.3 Å². The molecule has 2 aromatic rings. The number of nitrogens with one attached hydrogen (secondary N) is 3. The summed E-state index contributed by atoms with van der Waals surface area (Å²) in [6.07, 6.45) is 1.88. The largest absolute Gasteiger partial charge is 0.497 e. The molecule has 0 spiro atoms. The molecule has 1 heterocycles. The molecule has 1 aliphatic rings. The zero-order valence-electron chi connectivity index (χ0n) is 19.3. The number of ether oxygens (including phenoxy) is 2. The van der Waals surface area contributed by atoms with Gasteiger partial charge in [0, 0.05) is 69.2 Å². The number of carbonyl (C=O) groups excluding carboxylic acids is 1. The van der Waals surface area contributed by atoms with Crippen LogP contribution in [0.2, 0.25) is 0 Å². The highest BCUT2D eigenvalue weighted by Crippen LogP contribution is 2.30. The third kappa shape index (κ3) is 6.54. The fourth-order valence-corrected chi connectivity index (χ4v) is 3.76. The second kappa shape index (κ2) is 11.3. The summed E-state index contributed by atoms with van der Waals surface area (Å²) in [5.41, 5.74) is 3.10. The number of nitrogens with zero attached hydrogens (tertiary/aromatic N) is 2. The Bertz CT molecular complexity index is 907. The summed E-state index contributed by atoms with van der Waals surface area (Å²) >= 11 is 0. The fraction of sp³-hybridized carbons (Fsp3) is 0.417. The Labute approximate surface area is 190 Å². The Hall–Kier alpha value is -3.42. The maximum Gasteiger partial charge on any atom is 0.221 e. The minimum atomic E-state index is -0.0645. The van der Waals surface area contributed by atoms with Gasteiger partial charge in [-0.05, 0) is 30.5 Å². The topological polar surface area (TPSA) is 87.2 Å². The first kappa shape index (κ1) is 23.2. The van der Waals surface area contributed by atoms with Gasteiger partial charge in [0.05, 0.1) is 14.2 Å². The number of methoxy groups -OCH3 is 2. The molecule has 172 valence electrons. The first-order valence-electron chi connectivity index (χ1n) is 10.8. The van der Waals surface area contributed by atoms with Crippen molar-refractivity contribution >= 4 is 23.2 Å². The Kier molecular flexibility index (Phi) is 8.19. The fourth-order valence-electron chi connectivity index (χ4n) is 3.76. The molecule has 0 aliphatic carbocycles. The molecule has 3 rings (SSSR count). The Morgan fingerprint density at radius 1 is 1.12 bits per heavy atom. The van der Waals surface area contributed by atoms with E-state index in [0.29, 0.717) is 6.04 Å². The first-order valence-corrected chi connectivity index (χ1v) is 10.8. The van der Waals surface area contributed by atoms with Crippen LogP contribution in [0.15, 0.2) is 47.5 Å². The number of anilines is 2. The van der Waals surface area contributed by atoms with E-state index in [1.54, 1.807) is 21.3 Å². The number of aliphatic imine (C=N–C) groups is 1. The van der Waals surface area contributed by atoms with E-state index in [2.05, 4.69) is 25.8 Å². The van der Waals surface area contributed by atoms with Crippen molar-refractivity contribution in [3.8, 4) is 11.5 Å². The van der Waals surface area contributed by atoms with E-state index in [1.165, 1.54) is 12.5 Å². The standard InChI is InChI=1S/C24H33N5O3/c1-17(30)27-19-7-5-18(6-8-19)9-11-26-24(25-2)28-20-10-12-29(16-20)21-13-22(31-3)15-23(14-21)32-4/h5-8,13-15,20H,9-12,16H2,1-4H3,(H,27,30)(H2,25,26,28). The van der Waals surface area contributed by atoms with Gasteiger partial charge in [-0.25, -0.2) is 0 Å². The number of benzene rings is 2. The molecule has 0 bridgehead atoms. The number of hydrogen-bond acceptors (Lipinski definition) is 5. The summed E-state index contributed by atoms with van der Waals surface area (Å²) in [6, 6.07) is 14.2. The molecule has 2 aromatic carbocycles. The normalized spacial score (nSPS) is 15.9. The van der Waals surface area contributed by atoms with E-state index in [0.717, 1.165) is 61.3 Å².